The minimum absolute atomic E-state index is 0.165. The summed E-state index contributed by atoms with van der Waals surface area (Å²) in [5, 5.41) is 1.76. The number of benzene rings is 2. The molecule has 3 aromatic rings. The molecule has 28 heavy (non-hydrogen) atoms. The fraction of sp³-hybridized carbons (Fsp3) is 0.300. The number of aromatic nitrogens is 1. The van der Waals surface area contributed by atoms with Gasteiger partial charge < -0.3 is 14.5 Å². The number of nitrogens with one attached hydrogen (secondary N) is 2. The number of epoxide rings is 1. The predicted octanol–water partition coefficient (Wildman–Crippen LogP) is 3.51. The molecule has 0 aliphatic carbocycles. The van der Waals surface area contributed by atoms with Crippen molar-refractivity contribution in [2.24, 2.45) is 0 Å². The Morgan fingerprint density at radius 2 is 2.00 bits per heavy atom. The quantitative estimate of drug-likeness (QED) is 0.410. The molecule has 1 fully saturated rings. The van der Waals surface area contributed by atoms with Gasteiger partial charge in [0.05, 0.1) is 11.5 Å². The fourth-order valence-electron chi connectivity index (χ4n) is 2.99. The number of aryl methyl sites for hydroxylation is 1. The molecule has 148 valence electrons. The Labute approximate surface area is 168 Å². The summed E-state index contributed by atoms with van der Waals surface area (Å²) < 4.78 is 38.1. The highest BCUT2D eigenvalue weighted by atomic mass is 35.5. The molecule has 8 heteroatoms. The molecule has 0 radical (unpaired) electrons. The van der Waals surface area contributed by atoms with Crippen molar-refractivity contribution < 1.29 is 17.9 Å². The summed E-state index contributed by atoms with van der Waals surface area (Å²) in [6.45, 7) is 1.57. The van der Waals surface area contributed by atoms with Crippen LogP contribution in [0, 0.1) is 0 Å². The lowest BCUT2D eigenvalue weighted by Gasteiger charge is -2.08. The number of hydrogen-bond donors (Lipinski definition) is 2. The van der Waals surface area contributed by atoms with Crippen molar-refractivity contribution in [3.8, 4) is 5.75 Å². The van der Waals surface area contributed by atoms with Crippen LogP contribution in [0.5, 0.6) is 5.75 Å². The van der Waals surface area contributed by atoms with Gasteiger partial charge in [-0.2, -0.15) is 0 Å². The SMILES string of the molecule is O=S(=O)(NCCCc1c[nH]c2ccc(Cl)cc12)c1ccc(OCC2CO2)cc1. The first-order chi connectivity index (χ1) is 13.5. The first-order valence-corrected chi connectivity index (χ1v) is 11.0. The molecule has 4 rings (SSSR count). The summed E-state index contributed by atoms with van der Waals surface area (Å²) in [6, 6.07) is 12.1. The predicted molar refractivity (Wildman–Crippen MR) is 108 cm³/mol. The standard InChI is InChI=1S/C20H21ClN2O4S/c21-15-3-8-20-19(10-15)14(11-22-20)2-1-9-23-28(24,25)18-6-4-16(5-7-18)26-12-17-13-27-17/h3-8,10-11,17,22-23H,1-2,9,12-13H2. The lowest BCUT2D eigenvalue weighted by molar-refractivity contribution is 0.263. The summed E-state index contributed by atoms with van der Waals surface area (Å²) in [5.74, 6) is 0.632. The zero-order valence-corrected chi connectivity index (χ0v) is 16.7. The lowest BCUT2D eigenvalue weighted by Crippen LogP contribution is -2.25. The monoisotopic (exact) mass is 420 g/mol. The number of H-pyrrole nitrogens is 1. The molecule has 6 nitrogen and oxygen atoms in total. The molecule has 1 aromatic heterocycles. The fourth-order valence-corrected chi connectivity index (χ4v) is 4.24. The van der Waals surface area contributed by atoms with Gasteiger partial charge in [-0.05, 0) is 60.9 Å². The Morgan fingerprint density at radius 1 is 1.21 bits per heavy atom. The topological polar surface area (TPSA) is 83.7 Å². The molecule has 1 atom stereocenters. The zero-order valence-electron chi connectivity index (χ0n) is 15.2. The maximum atomic E-state index is 12.4. The molecule has 0 amide bonds. The van der Waals surface area contributed by atoms with Crippen molar-refractivity contribution in [2.75, 3.05) is 19.8 Å². The molecule has 1 saturated heterocycles. The van der Waals surface area contributed by atoms with Crippen LogP contribution in [0.4, 0.5) is 0 Å². The molecule has 1 unspecified atom stereocenters. The van der Waals surface area contributed by atoms with E-state index < -0.39 is 10.0 Å². The summed E-state index contributed by atoms with van der Waals surface area (Å²) in [7, 11) is -3.55. The molecule has 1 aliphatic rings. The highest BCUT2D eigenvalue weighted by Gasteiger charge is 2.23. The third-order valence-electron chi connectivity index (χ3n) is 4.62. The third-order valence-corrected chi connectivity index (χ3v) is 6.33. The van der Waals surface area contributed by atoms with Crippen LogP contribution in [0.3, 0.4) is 0 Å². The second-order valence-corrected chi connectivity index (χ2v) is 8.95. The number of rotatable bonds is 9. The third kappa shape index (κ3) is 4.67. The van der Waals surface area contributed by atoms with E-state index in [0.29, 0.717) is 30.3 Å². The normalized spacial score (nSPS) is 16.4. The molecule has 0 saturated carbocycles. The van der Waals surface area contributed by atoms with E-state index in [1.54, 1.807) is 24.3 Å². The van der Waals surface area contributed by atoms with Crippen LogP contribution < -0.4 is 9.46 Å². The van der Waals surface area contributed by atoms with Gasteiger partial charge in [-0.15, -0.1) is 0 Å². The van der Waals surface area contributed by atoms with Gasteiger partial charge in [-0.1, -0.05) is 11.6 Å². The van der Waals surface area contributed by atoms with Gasteiger partial charge in [0.2, 0.25) is 10.0 Å². The van der Waals surface area contributed by atoms with Gasteiger partial charge in [0, 0.05) is 28.7 Å². The minimum Gasteiger partial charge on any atom is -0.491 e. The number of sulfonamides is 1. The maximum absolute atomic E-state index is 12.4. The van der Waals surface area contributed by atoms with Gasteiger partial charge >= 0.3 is 0 Å². The Kier molecular flexibility index (Phi) is 5.59. The maximum Gasteiger partial charge on any atom is 0.240 e. The molecule has 1 aliphatic heterocycles. The number of aromatic amines is 1. The Bertz CT molecular complexity index is 1060. The number of fused-ring (bicyclic) bond motifs is 1. The van der Waals surface area contributed by atoms with Crippen LogP contribution in [0.15, 0.2) is 53.6 Å². The van der Waals surface area contributed by atoms with Gasteiger partial charge in [0.15, 0.2) is 0 Å². The highest BCUT2D eigenvalue weighted by molar-refractivity contribution is 7.89. The summed E-state index contributed by atoms with van der Waals surface area (Å²) in [5.41, 5.74) is 2.15. The van der Waals surface area contributed by atoms with E-state index in [1.807, 2.05) is 24.4 Å². The van der Waals surface area contributed by atoms with Crippen LogP contribution in [-0.2, 0) is 21.2 Å². The summed E-state index contributed by atoms with van der Waals surface area (Å²) in [4.78, 5) is 3.43. The average molecular weight is 421 g/mol. The van der Waals surface area contributed by atoms with Crippen molar-refractivity contribution in [3.05, 3.63) is 59.2 Å². The summed E-state index contributed by atoms with van der Waals surface area (Å²) >= 11 is 6.07. The van der Waals surface area contributed by atoms with E-state index in [-0.39, 0.29) is 11.0 Å². The van der Waals surface area contributed by atoms with Crippen molar-refractivity contribution >= 4 is 32.5 Å². The van der Waals surface area contributed by atoms with E-state index in [0.717, 1.165) is 29.5 Å². The van der Waals surface area contributed by atoms with Gasteiger partial charge in [-0.3, -0.25) is 0 Å². The number of ether oxygens (including phenoxy) is 2. The molecular weight excluding hydrogens is 400 g/mol. The van der Waals surface area contributed by atoms with E-state index in [2.05, 4.69) is 9.71 Å². The summed E-state index contributed by atoms with van der Waals surface area (Å²) in [6.07, 6.45) is 3.54. The Balaban J connectivity index is 1.30. The van der Waals surface area contributed by atoms with Crippen LogP contribution in [0.1, 0.15) is 12.0 Å². The molecule has 2 N–H and O–H groups in total. The van der Waals surface area contributed by atoms with Crippen LogP contribution >= 0.6 is 11.6 Å². The van der Waals surface area contributed by atoms with Crippen LogP contribution in [0.2, 0.25) is 5.02 Å². The second-order valence-electron chi connectivity index (χ2n) is 6.74. The molecule has 2 heterocycles. The molecule has 2 aromatic carbocycles. The van der Waals surface area contributed by atoms with E-state index in [4.69, 9.17) is 21.1 Å². The van der Waals surface area contributed by atoms with Crippen LogP contribution in [0.25, 0.3) is 10.9 Å². The lowest BCUT2D eigenvalue weighted by atomic mass is 10.1. The van der Waals surface area contributed by atoms with Crippen molar-refractivity contribution in [3.63, 3.8) is 0 Å². The zero-order chi connectivity index (χ0) is 19.6. The first kappa shape index (κ1) is 19.3. The molecule has 0 spiro atoms. The van der Waals surface area contributed by atoms with Gasteiger partial charge in [0.25, 0.3) is 0 Å². The van der Waals surface area contributed by atoms with Gasteiger partial charge in [0.1, 0.15) is 18.5 Å². The van der Waals surface area contributed by atoms with Crippen LogP contribution in [-0.4, -0.2) is 39.3 Å². The van der Waals surface area contributed by atoms with E-state index >= 15 is 0 Å². The smallest absolute Gasteiger partial charge is 0.240 e. The average Bonchev–Trinajstić information content (AvgIpc) is 3.44. The van der Waals surface area contributed by atoms with E-state index in [9.17, 15) is 8.42 Å². The Morgan fingerprint density at radius 3 is 2.75 bits per heavy atom. The number of halogens is 1. The first-order valence-electron chi connectivity index (χ1n) is 9.11. The molecular formula is C20H21ClN2O4S. The Hall–Kier alpha value is -2.06. The van der Waals surface area contributed by atoms with Crippen molar-refractivity contribution in [1.29, 1.82) is 0 Å². The van der Waals surface area contributed by atoms with E-state index in [1.165, 1.54) is 0 Å². The number of hydrogen-bond acceptors (Lipinski definition) is 4. The highest BCUT2D eigenvalue weighted by Crippen LogP contribution is 2.23. The minimum atomic E-state index is -3.55. The largest absolute Gasteiger partial charge is 0.491 e. The van der Waals surface area contributed by atoms with Crippen molar-refractivity contribution in [1.82, 2.24) is 9.71 Å². The van der Waals surface area contributed by atoms with Crippen molar-refractivity contribution in [2.45, 2.75) is 23.8 Å². The molecule has 0 bridgehead atoms. The van der Waals surface area contributed by atoms with Gasteiger partial charge in [-0.25, -0.2) is 13.1 Å². The second kappa shape index (κ2) is 8.13.